The lowest BCUT2D eigenvalue weighted by Gasteiger charge is -2.17. The van der Waals surface area contributed by atoms with Crippen molar-refractivity contribution in [3.8, 4) is 11.5 Å². The molecule has 1 aliphatic rings. The Balaban J connectivity index is 1.58. The molecule has 2 amide bonds. The Morgan fingerprint density at radius 1 is 1.04 bits per heavy atom. The van der Waals surface area contributed by atoms with Crippen LogP contribution in [0.15, 0.2) is 48.5 Å². The van der Waals surface area contributed by atoms with E-state index in [1.54, 1.807) is 43.4 Å². The van der Waals surface area contributed by atoms with Crippen molar-refractivity contribution < 1.29 is 19.1 Å². The van der Waals surface area contributed by atoms with Crippen LogP contribution in [0.4, 0.5) is 5.69 Å². The molecule has 0 radical (unpaired) electrons. The normalized spacial score (nSPS) is 16.5. The van der Waals surface area contributed by atoms with Crippen molar-refractivity contribution in [2.75, 3.05) is 26.1 Å². The number of benzene rings is 2. The van der Waals surface area contributed by atoms with Crippen molar-refractivity contribution in [3.63, 3.8) is 0 Å². The van der Waals surface area contributed by atoms with E-state index in [9.17, 15) is 9.59 Å². The standard InChI is InChI=1S/C20H22N2O4/c1-25-17-7-3-14(4-8-17)12-22-13-15(11-19(22)23)20(24)21-16-5-9-18(26-2)10-6-16/h3-10,15H,11-13H2,1-2H3,(H,21,24)/t15-/m0/s1. The van der Waals surface area contributed by atoms with Crippen molar-refractivity contribution in [2.45, 2.75) is 13.0 Å². The summed E-state index contributed by atoms with van der Waals surface area (Å²) in [4.78, 5) is 26.4. The number of hydrogen-bond donors (Lipinski definition) is 1. The number of hydrogen-bond acceptors (Lipinski definition) is 4. The van der Waals surface area contributed by atoms with Gasteiger partial charge in [-0.2, -0.15) is 0 Å². The van der Waals surface area contributed by atoms with Gasteiger partial charge in [0.1, 0.15) is 11.5 Å². The second-order valence-electron chi connectivity index (χ2n) is 6.24. The summed E-state index contributed by atoms with van der Waals surface area (Å²) >= 11 is 0. The Labute approximate surface area is 152 Å². The minimum atomic E-state index is -0.345. The first kappa shape index (κ1) is 17.8. The fraction of sp³-hybridized carbons (Fsp3) is 0.300. The van der Waals surface area contributed by atoms with Crippen LogP contribution in [-0.2, 0) is 16.1 Å². The van der Waals surface area contributed by atoms with Gasteiger partial charge in [0.2, 0.25) is 11.8 Å². The Morgan fingerprint density at radius 3 is 2.19 bits per heavy atom. The van der Waals surface area contributed by atoms with E-state index in [-0.39, 0.29) is 24.2 Å². The van der Waals surface area contributed by atoms with E-state index in [1.807, 2.05) is 24.3 Å². The molecule has 1 aliphatic heterocycles. The lowest BCUT2D eigenvalue weighted by atomic mass is 10.1. The summed E-state index contributed by atoms with van der Waals surface area (Å²) in [5.74, 6) is 1.02. The fourth-order valence-electron chi connectivity index (χ4n) is 2.97. The van der Waals surface area contributed by atoms with Gasteiger partial charge in [-0.3, -0.25) is 9.59 Å². The summed E-state index contributed by atoms with van der Waals surface area (Å²) in [7, 11) is 3.21. The van der Waals surface area contributed by atoms with E-state index in [0.717, 1.165) is 17.1 Å². The van der Waals surface area contributed by atoms with E-state index in [4.69, 9.17) is 9.47 Å². The number of ether oxygens (including phenoxy) is 2. The summed E-state index contributed by atoms with van der Waals surface area (Å²) in [5, 5.41) is 2.87. The Hall–Kier alpha value is -3.02. The molecule has 3 rings (SSSR count). The molecule has 0 bridgehead atoms. The molecule has 6 nitrogen and oxygen atoms in total. The van der Waals surface area contributed by atoms with Gasteiger partial charge in [-0.05, 0) is 42.0 Å². The molecule has 1 heterocycles. The van der Waals surface area contributed by atoms with E-state index in [2.05, 4.69) is 5.32 Å². The van der Waals surface area contributed by atoms with E-state index >= 15 is 0 Å². The van der Waals surface area contributed by atoms with Crippen LogP contribution in [0, 0.1) is 5.92 Å². The molecule has 2 aromatic carbocycles. The van der Waals surface area contributed by atoms with Crippen LogP contribution in [0.25, 0.3) is 0 Å². The average Bonchev–Trinajstić information content (AvgIpc) is 3.03. The molecule has 2 aromatic rings. The first-order valence-electron chi connectivity index (χ1n) is 8.44. The fourth-order valence-corrected chi connectivity index (χ4v) is 2.97. The predicted molar refractivity (Wildman–Crippen MR) is 98.1 cm³/mol. The average molecular weight is 354 g/mol. The molecule has 1 N–H and O–H groups in total. The summed E-state index contributed by atoms with van der Waals surface area (Å²) in [5.41, 5.74) is 1.70. The lowest BCUT2D eigenvalue weighted by Crippen LogP contribution is -2.28. The Morgan fingerprint density at radius 2 is 1.62 bits per heavy atom. The first-order chi connectivity index (χ1) is 12.6. The monoisotopic (exact) mass is 354 g/mol. The van der Waals surface area contributed by atoms with Crippen LogP contribution in [0.3, 0.4) is 0 Å². The van der Waals surface area contributed by atoms with Gasteiger partial charge in [0.05, 0.1) is 20.1 Å². The van der Waals surface area contributed by atoms with Crippen molar-refractivity contribution in [1.29, 1.82) is 0 Å². The third kappa shape index (κ3) is 4.14. The summed E-state index contributed by atoms with van der Waals surface area (Å²) in [6.45, 7) is 0.919. The zero-order valence-electron chi connectivity index (χ0n) is 14.9. The number of amides is 2. The SMILES string of the molecule is COc1ccc(CN2C[C@@H](C(=O)Nc3ccc(OC)cc3)CC2=O)cc1. The number of carbonyl (C=O) groups is 2. The van der Waals surface area contributed by atoms with Crippen molar-refractivity contribution in [1.82, 2.24) is 4.90 Å². The summed E-state index contributed by atoms with van der Waals surface area (Å²) < 4.78 is 10.2. The lowest BCUT2D eigenvalue weighted by molar-refractivity contribution is -0.128. The second-order valence-corrected chi connectivity index (χ2v) is 6.24. The highest BCUT2D eigenvalue weighted by Gasteiger charge is 2.34. The summed E-state index contributed by atoms with van der Waals surface area (Å²) in [6, 6.07) is 14.7. The van der Waals surface area contributed by atoms with Crippen molar-refractivity contribution >= 4 is 17.5 Å². The number of likely N-dealkylation sites (tertiary alicyclic amines) is 1. The molecule has 0 spiro atoms. The van der Waals surface area contributed by atoms with Crippen LogP contribution in [-0.4, -0.2) is 37.5 Å². The van der Waals surface area contributed by atoms with Gasteiger partial charge in [0.25, 0.3) is 0 Å². The summed E-state index contributed by atoms with van der Waals surface area (Å²) in [6.07, 6.45) is 0.234. The quantitative estimate of drug-likeness (QED) is 0.866. The van der Waals surface area contributed by atoms with Crippen LogP contribution in [0.5, 0.6) is 11.5 Å². The molecular weight excluding hydrogens is 332 g/mol. The molecule has 1 saturated heterocycles. The highest BCUT2D eigenvalue weighted by molar-refractivity contribution is 5.97. The van der Waals surface area contributed by atoms with Gasteiger partial charge >= 0.3 is 0 Å². The minimum absolute atomic E-state index is 0.00398. The second kappa shape index (κ2) is 7.91. The van der Waals surface area contributed by atoms with Crippen LogP contribution < -0.4 is 14.8 Å². The van der Waals surface area contributed by atoms with Crippen LogP contribution >= 0.6 is 0 Å². The zero-order valence-corrected chi connectivity index (χ0v) is 14.9. The van der Waals surface area contributed by atoms with Gasteiger partial charge < -0.3 is 19.7 Å². The molecule has 6 heteroatoms. The maximum Gasteiger partial charge on any atom is 0.229 e. The number of carbonyl (C=O) groups excluding carboxylic acids is 2. The third-order valence-electron chi connectivity index (χ3n) is 4.48. The molecular formula is C20H22N2O4. The molecule has 0 saturated carbocycles. The number of rotatable bonds is 6. The Kier molecular flexibility index (Phi) is 5.41. The third-order valence-corrected chi connectivity index (χ3v) is 4.48. The zero-order chi connectivity index (χ0) is 18.5. The maximum atomic E-state index is 12.5. The number of anilines is 1. The number of nitrogens with zero attached hydrogens (tertiary/aromatic N) is 1. The molecule has 26 heavy (non-hydrogen) atoms. The largest absolute Gasteiger partial charge is 0.497 e. The smallest absolute Gasteiger partial charge is 0.229 e. The molecule has 1 atom stereocenters. The Bertz CT molecular complexity index is 771. The van der Waals surface area contributed by atoms with Gasteiger partial charge in [-0.15, -0.1) is 0 Å². The molecule has 136 valence electrons. The van der Waals surface area contributed by atoms with E-state index < -0.39 is 0 Å². The number of methoxy groups -OCH3 is 2. The van der Waals surface area contributed by atoms with Gasteiger partial charge in [0, 0.05) is 25.2 Å². The van der Waals surface area contributed by atoms with Crippen molar-refractivity contribution in [3.05, 3.63) is 54.1 Å². The predicted octanol–water partition coefficient (Wildman–Crippen LogP) is 2.69. The molecule has 0 unspecified atom stereocenters. The highest BCUT2D eigenvalue weighted by Crippen LogP contribution is 2.23. The first-order valence-corrected chi connectivity index (χ1v) is 8.44. The highest BCUT2D eigenvalue weighted by atomic mass is 16.5. The molecule has 0 aliphatic carbocycles. The van der Waals surface area contributed by atoms with E-state index in [0.29, 0.717) is 18.8 Å². The van der Waals surface area contributed by atoms with Gasteiger partial charge in [-0.25, -0.2) is 0 Å². The van der Waals surface area contributed by atoms with Gasteiger partial charge in [-0.1, -0.05) is 12.1 Å². The molecule has 1 fully saturated rings. The minimum Gasteiger partial charge on any atom is -0.497 e. The maximum absolute atomic E-state index is 12.5. The van der Waals surface area contributed by atoms with Gasteiger partial charge in [0.15, 0.2) is 0 Å². The van der Waals surface area contributed by atoms with Crippen LogP contribution in [0.1, 0.15) is 12.0 Å². The molecule has 0 aromatic heterocycles. The number of nitrogens with one attached hydrogen (secondary N) is 1. The van der Waals surface area contributed by atoms with E-state index in [1.165, 1.54) is 0 Å². The topological polar surface area (TPSA) is 67.9 Å². The van der Waals surface area contributed by atoms with Crippen LogP contribution in [0.2, 0.25) is 0 Å². The van der Waals surface area contributed by atoms with Crippen molar-refractivity contribution in [2.24, 2.45) is 5.92 Å².